The van der Waals surface area contributed by atoms with E-state index in [-0.39, 0.29) is 0 Å². The molecule has 0 amide bonds. The lowest BCUT2D eigenvalue weighted by Crippen LogP contribution is -2.40. The predicted molar refractivity (Wildman–Crippen MR) is 75.1 cm³/mol. The molecule has 0 aromatic heterocycles. The number of nitrogens with one attached hydrogen (secondary N) is 1. The largest absolute Gasteiger partial charge is 0.311 e. The van der Waals surface area contributed by atoms with E-state index >= 15 is 0 Å². The van der Waals surface area contributed by atoms with Crippen molar-refractivity contribution in [3.05, 3.63) is 0 Å². The van der Waals surface area contributed by atoms with Gasteiger partial charge in [0.15, 0.2) is 0 Å². The summed E-state index contributed by atoms with van der Waals surface area (Å²) in [6.45, 7) is 9.62. The van der Waals surface area contributed by atoms with Crippen LogP contribution in [0, 0.1) is 17.3 Å². The van der Waals surface area contributed by atoms with Crippen molar-refractivity contribution >= 4 is 0 Å². The molecule has 0 radical (unpaired) electrons. The van der Waals surface area contributed by atoms with Gasteiger partial charge in [0.2, 0.25) is 0 Å². The predicted octanol–water partition coefficient (Wildman–Crippen LogP) is 4.37. The summed E-state index contributed by atoms with van der Waals surface area (Å²) in [4.78, 5) is 0. The molecule has 0 aromatic rings. The molecule has 0 heterocycles. The second-order valence-corrected chi connectivity index (χ2v) is 7.63. The van der Waals surface area contributed by atoms with Crippen molar-refractivity contribution in [2.45, 2.75) is 84.7 Å². The van der Waals surface area contributed by atoms with Gasteiger partial charge in [0.05, 0.1) is 0 Å². The third-order valence-electron chi connectivity index (χ3n) is 5.15. The Labute approximate surface area is 108 Å². The SMILES string of the molecule is CC(C)C1CCC(NC2CCC(C)(C)C2)CC1. The third-order valence-corrected chi connectivity index (χ3v) is 5.15. The van der Waals surface area contributed by atoms with Gasteiger partial charge in [-0.15, -0.1) is 0 Å². The Morgan fingerprint density at radius 2 is 1.59 bits per heavy atom. The topological polar surface area (TPSA) is 12.0 Å². The average Bonchev–Trinajstić information content (AvgIpc) is 2.59. The van der Waals surface area contributed by atoms with Gasteiger partial charge in [-0.25, -0.2) is 0 Å². The quantitative estimate of drug-likeness (QED) is 0.768. The molecule has 2 aliphatic rings. The van der Waals surface area contributed by atoms with Crippen LogP contribution in [0.5, 0.6) is 0 Å². The molecule has 1 unspecified atom stereocenters. The molecule has 0 aromatic carbocycles. The first-order valence-corrected chi connectivity index (χ1v) is 7.72. The van der Waals surface area contributed by atoms with Crippen molar-refractivity contribution in [2.24, 2.45) is 17.3 Å². The fraction of sp³-hybridized carbons (Fsp3) is 1.00. The first-order valence-electron chi connectivity index (χ1n) is 7.72. The molecule has 0 spiro atoms. The lowest BCUT2D eigenvalue weighted by Gasteiger charge is -2.33. The first kappa shape index (κ1) is 13.4. The number of hydrogen-bond donors (Lipinski definition) is 1. The van der Waals surface area contributed by atoms with Crippen LogP contribution in [0.1, 0.15) is 72.6 Å². The monoisotopic (exact) mass is 237 g/mol. The Kier molecular flexibility index (Phi) is 4.18. The van der Waals surface area contributed by atoms with Crippen LogP contribution in [0.25, 0.3) is 0 Å². The third kappa shape index (κ3) is 3.71. The van der Waals surface area contributed by atoms with E-state index in [4.69, 9.17) is 0 Å². The van der Waals surface area contributed by atoms with Crippen LogP contribution in [-0.4, -0.2) is 12.1 Å². The van der Waals surface area contributed by atoms with E-state index in [1.165, 1.54) is 44.9 Å². The van der Waals surface area contributed by atoms with Crippen LogP contribution < -0.4 is 5.32 Å². The molecule has 1 atom stereocenters. The fourth-order valence-corrected chi connectivity index (χ4v) is 3.86. The summed E-state index contributed by atoms with van der Waals surface area (Å²) in [5.41, 5.74) is 0.590. The molecule has 2 rings (SSSR count). The highest BCUT2D eigenvalue weighted by Gasteiger charge is 2.32. The molecule has 0 bridgehead atoms. The van der Waals surface area contributed by atoms with Gasteiger partial charge in [-0.3, -0.25) is 0 Å². The van der Waals surface area contributed by atoms with Gasteiger partial charge in [0, 0.05) is 12.1 Å². The molecule has 1 N–H and O–H groups in total. The van der Waals surface area contributed by atoms with Crippen molar-refractivity contribution in [3.8, 4) is 0 Å². The summed E-state index contributed by atoms with van der Waals surface area (Å²) in [5, 5.41) is 3.93. The van der Waals surface area contributed by atoms with Gasteiger partial charge >= 0.3 is 0 Å². The molecule has 0 saturated heterocycles. The normalized spacial score (nSPS) is 37.6. The Balaban J connectivity index is 1.72. The van der Waals surface area contributed by atoms with Crippen LogP contribution in [0.15, 0.2) is 0 Å². The average molecular weight is 237 g/mol. The molecular weight excluding hydrogens is 206 g/mol. The van der Waals surface area contributed by atoms with Gasteiger partial charge < -0.3 is 5.32 Å². The molecule has 1 heteroatoms. The van der Waals surface area contributed by atoms with Gasteiger partial charge in [0.25, 0.3) is 0 Å². The van der Waals surface area contributed by atoms with Crippen LogP contribution in [0.4, 0.5) is 0 Å². The Bertz CT molecular complexity index is 236. The lowest BCUT2D eigenvalue weighted by molar-refractivity contribution is 0.225. The second kappa shape index (κ2) is 5.30. The molecule has 2 fully saturated rings. The van der Waals surface area contributed by atoms with Crippen molar-refractivity contribution in [1.82, 2.24) is 5.32 Å². The van der Waals surface area contributed by atoms with E-state index in [2.05, 4.69) is 33.0 Å². The number of rotatable bonds is 3. The van der Waals surface area contributed by atoms with E-state index in [0.29, 0.717) is 5.41 Å². The zero-order valence-electron chi connectivity index (χ0n) is 12.3. The molecule has 100 valence electrons. The maximum atomic E-state index is 3.93. The highest BCUT2D eigenvalue weighted by atomic mass is 15.0. The van der Waals surface area contributed by atoms with Gasteiger partial charge in [-0.05, 0) is 62.2 Å². The standard InChI is InChI=1S/C16H31N/c1-12(2)13-5-7-14(8-6-13)17-15-9-10-16(3,4)11-15/h12-15,17H,5-11H2,1-4H3. The first-order chi connectivity index (χ1) is 7.96. The molecule has 2 saturated carbocycles. The van der Waals surface area contributed by atoms with Crippen LogP contribution in [0.2, 0.25) is 0 Å². The molecular formula is C16H31N. The molecule has 17 heavy (non-hydrogen) atoms. The summed E-state index contributed by atoms with van der Waals surface area (Å²) >= 11 is 0. The van der Waals surface area contributed by atoms with Crippen molar-refractivity contribution in [1.29, 1.82) is 0 Å². The van der Waals surface area contributed by atoms with E-state index in [0.717, 1.165) is 23.9 Å². The minimum atomic E-state index is 0.590. The Morgan fingerprint density at radius 1 is 0.941 bits per heavy atom. The van der Waals surface area contributed by atoms with Crippen LogP contribution in [-0.2, 0) is 0 Å². The number of hydrogen-bond acceptors (Lipinski definition) is 1. The molecule has 0 aliphatic heterocycles. The fourth-order valence-electron chi connectivity index (χ4n) is 3.86. The van der Waals surface area contributed by atoms with E-state index < -0.39 is 0 Å². The summed E-state index contributed by atoms with van der Waals surface area (Å²) in [5.74, 6) is 1.88. The molecule has 2 aliphatic carbocycles. The lowest BCUT2D eigenvalue weighted by atomic mass is 9.79. The zero-order valence-corrected chi connectivity index (χ0v) is 12.3. The minimum Gasteiger partial charge on any atom is -0.311 e. The Hall–Kier alpha value is -0.0400. The van der Waals surface area contributed by atoms with Gasteiger partial charge in [-0.1, -0.05) is 27.7 Å². The zero-order chi connectivity index (χ0) is 12.5. The molecule has 1 nitrogen and oxygen atoms in total. The van der Waals surface area contributed by atoms with Gasteiger partial charge in [-0.2, -0.15) is 0 Å². The maximum Gasteiger partial charge on any atom is 0.00749 e. The smallest absolute Gasteiger partial charge is 0.00749 e. The van der Waals surface area contributed by atoms with E-state index in [1.54, 1.807) is 0 Å². The minimum absolute atomic E-state index is 0.590. The van der Waals surface area contributed by atoms with E-state index in [1.807, 2.05) is 0 Å². The van der Waals surface area contributed by atoms with Crippen molar-refractivity contribution in [3.63, 3.8) is 0 Å². The summed E-state index contributed by atoms with van der Waals surface area (Å²) in [6, 6.07) is 1.63. The Morgan fingerprint density at radius 3 is 2.06 bits per heavy atom. The van der Waals surface area contributed by atoms with E-state index in [9.17, 15) is 0 Å². The maximum absolute atomic E-state index is 3.93. The van der Waals surface area contributed by atoms with Crippen molar-refractivity contribution in [2.75, 3.05) is 0 Å². The second-order valence-electron chi connectivity index (χ2n) is 7.63. The summed E-state index contributed by atoms with van der Waals surface area (Å²) in [7, 11) is 0. The van der Waals surface area contributed by atoms with Crippen LogP contribution >= 0.6 is 0 Å². The summed E-state index contributed by atoms with van der Waals surface area (Å²) < 4.78 is 0. The highest BCUT2D eigenvalue weighted by Crippen LogP contribution is 2.38. The highest BCUT2D eigenvalue weighted by molar-refractivity contribution is 4.89. The van der Waals surface area contributed by atoms with Crippen molar-refractivity contribution < 1.29 is 0 Å². The van der Waals surface area contributed by atoms with Crippen LogP contribution in [0.3, 0.4) is 0 Å². The van der Waals surface area contributed by atoms with Gasteiger partial charge in [0.1, 0.15) is 0 Å². The summed E-state index contributed by atoms with van der Waals surface area (Å²) in [6.07, 6.45) is 9.93.